The summed E-state index contributed by atoms with van der Waals surface area (Å²) in [5, 5.41) is 3.08. The van der Waals surface area contributed by atoms with Crippen LogP contribution in [0.4, 0.5) is 9.52 Å². The number of nitrogens with zero attached hydrogens (tertiary/aromatic N) is 2. The number of halogens is 1. The lowest BCUT2D eigenvalue weighted by atomic mass is 10.2. The second-order valence-electron chi connectivity index (χ2n) is 4.84. The monoisotopic (exact) mass is 343 g/mol. The summed E-state index contributed by atoms with van der Waals surface area (Å²) >= 11 is 1.07. The molecule has 0 fully saturated rings. The third-order valence-electron chi connectivity index (χ3n) is 3.18. The van der Waals surface area contributed by atoms with Crippen LogP contribution >= 0.6 is 11.5 Å². The van der Waals surface area contributed by atoms with Crippen molar-refractivity contribution in [1.82, 2.24) is 9.36 Å². The highest BCUT2D eigenvalue weighted by atomic mass is 32.1. The van der Waals surface area contributed by atoms with Crippen molar-refractivity contribution in [3.05, 3.63) is 59.9 Å². The Labute approximate surface area is 142 Å². The fraction of sp³-hybridized carbons (Fsp3) is 0.118. The second-order valence-corrected chi connectivity index (χ2v) is 5.59. The summed E-state index contributed by atoms with van der Waals surface area (Å²) in [4.78, 5) is 16.5. The summed E-state index contributed by atoms with van der Waals surface area (Å²) in [7, 11) is 0. The Hall–Kier alpha value is -2.80. The summed E-state index contributed by atoms with van der Waals surface area (Å²) in [6.45, 7) is 2.47. The molecule has 0 radical (unpaired) electrons. The van der Waals surface area contributed by atoms with Crippen LogP contribution in [-0.2, 0) is 0 Å². The molecule has 0 saturated heterocycles. The molecule has 0 spiro atoms. The van der Waals surface area contributed by atoms with Crippen LogP contribution in [0.3, 0.4) is 0 Å². The van der Waals surface area contributed by atoms with E-state index in [1.165, 1.54) is 12.1 Å². The van der Waals surface area contributed by atoms with Crippen molar-refractivity contribution >= 4 is 22.6 Å². The predicted octanol–water partition coefficient (Wildman–Crippen LogP) is 4.00. The Bertz CT molecular complexity index is 832. The Morgan fingerprint density at radius 1 is 1.17 bits per heavy atom. The van der Waals surface area contributed by atoms with Crippen molar-refractivity contribution < 1.29 is 13.9 Å². The van der Waals surface area contributed by atoms with Gasteiger partial charge in [0.15, 0.2) is 5.82 Å². The molecular weight excluding hydrogens is 329 g/mol. The summed E-state index contributed by atoms with van der Waals surface area (Å²) in [6.07, 6.45) is 0. The van der Waals surface area contributed by atoms with Gasteiger partial charge in [0.2, 0.25) is 5.13 Å². The standard InChI is InChI=1S/C17H14FN3O2S/c1-2-23-14-9-5-12(6-10-14)16(22)20-17-19-15(21-24-17)11-3-7-13(18)8-4-11/h3-10H,2H2,1H3,(H,19,20,21,22). The average molecular weight is 343 g/mol. The van der Waals surface area contributed by atoms with Gasteiger partial charge in [-0.25, -0.2) is 4.39 Å². The fourth-order valence-electron chi connectivity index (χ4n) is 2.03. The number of hydrogen-bond acceptors (Lipinski definition) is 5. The van der Waals surface area contributed by atoms with Crippen molar-refractivity contribution in [2.24, 2.45) is 0 Å². The summed E-state index contributed by atoms with van der Waals surface area (Å²) < 4.78 is 22.5. The quantitative estimate of drug-likeness (QED) is 0.761. The lowest BCUT2D eigenvalue weighted by Gasteiger charge is -2.04. The number of benzene rings is 2. The number of anilines is 1. The molecular formula is C17H14FN3O2S. The van der Waals surface area contributed by atoms with E-state index in [2.05, 4.69) is 14.7 Å². The van der Waals surface area contributed by atoms with Gasteiger partial charge in [-0.1, -0.05) is 0 Å². The molecule has 0 aliphatic rings. The number of amides is 1. The molecule has 0 bridgehead atoms. The van der Waals surface area contributed by atoms with Gasteiger partial charge < -0.3 is 4.74 Å². The summed E-state index contributed by atoms with van der Waals surface area (Å²) in [5.41, 5.74) is 1.19. The molecule has 7 heteroatoms. The van der Waals surface area contributed by atoms with E-state index in [0.717, 1.165) is 11.5 Å². The van der Waals surface area contributed by atoms with E-state index in [-0.39, 0.29) is 11.7 Å². The van der Waals surface area contributed by atoms with E-state index in [1.54, 1.807) is 36.4 Å². The second kappa shape index (κ2) is 7.18. The maximum absolute atomic E-state index is 12.9. The molecule has 1 heterocycles. The third kappa shape index (κ3) is 3.75. The van der Waals surface area contributed by atoms with Gasteiger partial charge in [0.05, 0.1) is 6.61 Å². The fourth-order valence-corrected chi connectivity index (χ4v) is 2.61. The van der Waals surface area contributed by atoms with Gasteiger partial charge in [-0.2, -0.15) is 9.36 Å². The van der Waals surface area contributed by atoms with Crippen LogP contribution in [0.1, 0.15) is 17.3 Å². The zero-order chi connectivity index (χ0) is 16.9. The molecule has 3 aromatic rings. The SMILES string of the molecule is CCOc1ccc(C(=O)Nc2nc(-c3ccc(F)cc3)ns2)cc1. The largest absolute Gasteiger partial charge is 0.494 e. The van der Waals surface area contributed by atoms with Crippen molar-refractivity contribution in [2.75, 3.05) is 11.9 Å². The van der Waals surface area contributed by atoms with Gasteiger partial charge >= 0.3 is 0 Å². The maximum atomic E-state index is 12.9. The van der Waals surface area contributed by atoms with E-state index in [0.29, 0.717) is 34.4 Å². The number of ether oxygens (including phenoxy) is 1. The van der Waals surface area contributed by atoms with Gasteiger partial charge in [-0.15, -0.1) is 0 Å². The molecule has 0 aliphatic carbocycles. The van der Waals surface area contributed by atoms with E-state index in [4.69, 9.17) is 4.74 Å². The van der Waals surface area contributed by atoms with Crippen molar-refractivity contribution in [3.63, 3.8) is 0 Å². The van der Waals surface area contributed by atoms with Crippen LogP contribution in [0.25, 0.3) is 11.4 Å². The average Bonchev–Trinajstić information content (AvgIpc) is 3.05. The first-order valence-corrected chi connectivity index (χ1v) is 8.07. The van der Waals surface area contributed by atoms with Crippen LogP contribution in [0.15, 0.2) is 48.5 Å². The highest BCUT2D eigenvalue weighted by Crippen LogP contribution is 2.22. The van der Waals surface area contributed by atoms with E-state index in [1.807, 2.05) is 6.92 Å². The molecule has 2 aromatic carbocycles. The van der Waals surface area contributed by atoms with Gasteiger partial charge in [-0.3, -0.25) is 10.1 Å². The number of carbonyl (C=O) groups excluding carboxylic acids is 1. The first-order chi connectivity index (χ1) is 11.7. The smallest absolute Gasteiger partial charge is 0.257 e. The van der Waals surface area contributed by atoms with E-state index >= 15 is 0 Å². The topological polar surface area (TPSA) is 64.1 Å². The molecule has 122 valence electrons. The molecule has 1 aromatic heterocycles. The van der Waals surface area contributed by atoms with Crippen LogP contribution in [0.5, 0.6) is 5.75 Å². The van der Waals surface area contributed by atoms with Gasteiger partial charge in [0.25, 0.3) is 5.91 Å². The van der Waals surface area contributed by atoms with E-state index < -0.39 is 0 Å². The third-order valence-corrected chi connectivity index (χ3v) is 3.81. The number of nitrogens with one attached hydrogen (secondary N) is 1. The molecule has 3 rings (SSSR count). The van der Waals surface area contributed by atoms with E-state index in [9.17, 15) is 9.18 Å². The molecule has 24 heavy (non-hydrogen) atoms. The number of aromatic nitrogens is 2. The van der Waals surface area contributed by atoms with Gasteiger partial charge in [0, 0.05) is 22.7 Å². The highest BCUT2D eigenvalue weighted by molar-refractivity contribution is 7.10. The lowest BCUT2D eigenvalue weighted by molar-refractivity contribution is 0.102. The highest BCUT2D eigenvalue weighted by Gasteiger charge is 2.11. The minimum atomic E-state index is -0.321. The first kappa shape index (κ1) is 16.1. The van der Waals surface area contributed by atoms with Crippen LogP contribution in [0.2, 0.25) is 0 Å². The lowest BCUT2D eigenvalue weighted by Crippen LogP contribution is -2.11. The molecule has 0 aliphatic heterocycles. The first-order valence-electron chi connectivity index (χ1n) is 7.29. The Kier molecular flexibility index (Phi) is 4.81. The Balaban J connectivity index is 1.69. The molecule has 0 atom stereocenters. The maximum Gasteiger partial charge on any atom is 0.257 e. The number of rotatable bonds is 5. The molecule has 1 amide bonds. The van der Waals surface area contributed by atoms with Crippen LogP contribution in [0, 0.1) is 5.82 Å². The van der Waals surface area contributed by atoms with Crippen molar-refractivity contribution in [1.29, 1.82) is 0 Å². The molecule has 5 nitrogen and oxygen atoms in total. The van der Waals surface area contributed by atoms with Crippen molar-refractivity contribution in [2.45, 2.75) is 6.92 Å². The predicted molar refractivity (Wildman–Crippen MR) is 90.9 cm³/mol. The van der Waals surface area contributed by atoms with Gasteiger partial charge in [0.1, 0.15) is 11.6 Å². The van der Waals surface area contributed by atoms with Gasteiger partial charge in [-0.05, 0) is 55.5 Å². The number of carbonyl (C=O) groups is 1. The normalized spacial score (nSPS) is 10.4. The van der Waals surface area contributed by atoms with Crippen LogP contribution in [-0.4, -0.2) is 21.9 Å². The Morgan fingerprint density at radius 2 is 1.88 bits per heavy atom. The molecule has 0 unspecified atom stereocenters. The Morgan fingerprint density at radius 3 is 2.54 bits per heavy atom. The van der Waals surface area contributed by atoms with Crippen LogP contribution < -0.4 is 10.1 Å². The summed E-state index contributed by atoms with van der Waals surface area (Å²) in [6, 6.07) is 12.7. The minimum absolute atomic E-state index is 0.278. The zero-order valence-corrected chi connectivity index (χ0v) is 13.6. The van der Waals surface area contributed by atoms with Crippen molar-refractivity contribution in [3.8, 4) is 17.1 Å². The zero-order valence-electron chi connectivity index (χ0n) is 12.8. The molecule has 1 N–H and O–H groups in total. The number of hydrogen-bond donors (Lipinski definition) is 1. The molecule has 0 saturated carbocycles. The summed E-state index contributed by atoms with van der Waals surface area (Å²) in [5.74, 6) is 0.559. The minimum Gasteiger partial charge on any atom is -0.494 e.